The van der Waals surface area contributed by atoms with Gasteiger partial charge in [0.2, 0.25) is 5.91 Å². The van der Waals surface area contributed by atoms with Crippen molar-refractivity contribution in [2.45, 2.75) is 52.9 Å². The highest BCUT2D eigenvalue weighted by Crippen LogP contribution is 2.33. The highest BCUT2D eigenvalue weighted by atomic mass is 32.1. The quantitative estimate of drug-likeness (QED) is 0.937. The average Bonchev–Trinajstić information content (AvgIpc) is 3.03. The molecule has 0 spiro atoms. The molecule has 0 aliphatic heterocycles. The van der Waals surface area contributed by atoms with E-state index in [9.17, 15) is 4.79 Å². The predicted octanol–water partition coefficient (Wildman–Crippen LogP) is 3.44. The number of thiazole rings is 1. The molecule has 0 saturated carbocycles. The molecule has 0 aromatic carbocycles. The zero-order chi connectivity index (χ0) is 15.7. The molecule has 3 rings (SSSR count). The number of anilines is 1. The molecule has 22 heavy (non-hydrogen) atoms. The number of fused-ring (bicyclic) bond motifs is 1. The van der Waals surface area contributed by atoms with E-state index in [0.717, 1.165) is 35.1 Å². The number of nitrogens with zero attached hydrogens (tertiary/aromatic N) is 2. The second kappa shape index (κ2) is 6.20. The first kappa shape index (κ1) is 15.2. The molecule has 1 aliphatic carbocycles. The third-order valence-corrected chi connectivity index (χ3v) is 5.42. The standard InChI is InChI=1S/C16H21N3O2S/c1-4-11-5-6-13-14(7-11)22-16(17-13)18-15(20)8-12-9(2)19-21-10(12)3/h11H,4-8H2,1-3H3,(H,17,18,20). The van der Waals surface area contributed by atoms with E-state index in [1.54, 1.807) is 11.3 Å². The maximum atomic E-state index is 12.2. The van der Waals surface area contributed by atoms with Gasteiger partial charge in [-0.1, -0.05) is 18.5 Å². The number of aryl methyl sites for hydroxylation is 3. The second-order valence-electron chi connectivity index (χ2n) is 5.93. The second-order valence-corrected chi connectivity index (χ2v) is 7.02. The van der Waals surface area contributed by atoms with Crippen LogP contribution in [-0.2, 0) is 24.1 Å². The predicted molar refractivity (Wildman–Crippen MR) is 86.2 cm³/mol. The van der Waals surface area contributed by atoms with Crippen molar-refractivity contribution in [2.75, 3.05) is 5.32 Å². The number of aromatic nitrogens is 2. The van der Waals surface area contributed by atoms with Crippen LogP contribution in [0.2, 0.25) is 0 Å². The highest BCUT2D eigenvalue weighted by Gasteiger charge is 2.22. The van der Waals surface area contributed by atoms with Gasteiger partial charge in [0.05, 0.1) is 17.8 Å². The van der Waals surface area contributed by atoms with Crippen molar-refractivity contribution < 1.29 is 9.32 Å². The Hall–Kier alpha value is -1.69. The van der Waals surface area contributed by atoms with Crippen molar-refractivity contribution >= 4 is 22.4 Å². The number of hydrogen-bond donors (Lipinski definition) is 1. The van der Waals surface area contributed by atoms with Gasteiger partial charge in [0, 0.05) is 10.4 Å². The summed E-state index contributed by atoms with van der Waals surface area (Å²) < 4.78 is 5.09. The number of rotatable bonds is 4. The van der Waals surface area contributed by atoms with Gasteiger partial charge in [-0.05, 0) is 39.0 Å². The Kier molecular flexibility index (Phi) is 4.29. The molecule has 1 unspecified atom stereocenters. The molecule has 1 aliphatic rings. The Labute approximate surface area is 134 Å². The third-order valence-electron chi connectivity index (χ3n) is 4.38. The minimum atomic E-state index is -0.0625. The van der Waals surface area contributed by atoms with Crippen LogP contribution in [0.4, 0.5) is 5.13 Å². The van der Waals surface area contributed by atoms with Crippen LogP contribution >= 0.6 is 11.3 Å². The van der Waals surface area contributed by atoms with Gasteiger partial charge in [0.1, 0.15) is 5.76 Å². The van der Waals surface area contributed by atoms with Crippen molar-refractivity contribution in [3.63, 3.8) is 0 Å². The number of amides is 1. The molecule has 0 fully saturated rings. The lowest BCUT2D eigenvalue weighted by molar-refractivity contribution is -0.115. The number of hydrogen-bond acceptors (Lipinski definition) is 5. The fourth-order valence-electron chi connectivity index (χ4n) is 2.92. The molecule has 5 nitrogen and oxygen atoms in total. The van der Waals surface area contributed by atoms with Crippen LogP contribution < -0.4 is 5.32 Å². The van der Waals surface area contributed by atoms with Crippen LogP contribution in [0.3, 0.4) is 0 Å². The molecule has 1 N–H and O–H groups in total. The van der Waals surface area contributed by atoms with E-state index in [4.69, 9.17) is 4.52 Å². The minimum Gasteiger partial charge on any atom is -0.361 e. The molecule has 2 heterocycles. The van der Waals surface area contributed by atoms with Gasteiger partial charge >= 0.3 is 0 Å². The molecule has 2 aromatic rings. The largest absolute Gasteiger partial charge is 0.361 e. The number of nitrogens with one attached hydrogen (secondary N) is 1. The normalized spacial score (nSPS) is 17.3. The lowest BCUT2D eigenvalue weighted by atomic mass is 9.89. The minimum absolute atomic E-state index is 0.0625. The van der Waals surface area contributed by atoms with Crippen molar-refractivity contribution in [1.82, 2.24) is 10.1 Å². The van der Waals surface area contributed by atoms with Crippen molar-refractivity contribution in [1.29, 1.82) is 0 Å². The summed E-state index contributed by atoms with van der Waals surface area (Å²) in [6.07, 6.45) is 4.83. The van der Waals surface area contributed by atoms with Crippen molar-refractivity contribution in [3.8, 4) is 0 Å². The SMILES string of the molecule is CCC1CCc2nc(NC(=O)Cc3c(C)noc3C)sc2C1. The Balaban J connectivity index is 1.67. The van der Waals surface area contributed by atoms with Crippen LogP contribution in [0.1, 0.15) is 47.4 Å². The van der Waals surface area contributed by atoms with E-state index in [1.807, 2.05) is 13.8 Å². The monoisotopic (exact) mass is 319 g/mol. The van der Waals surface area contributed by atoms with Crippen LogP contribution in [-0.4, -0.2) is 16.0 Å². The van der Waals surface area contributed by atoms with E-state index in [-0.39, 0.29) is 12.3 Å². The van der Waals surface area contributed by atoms with E-state index in [0.29, 0.717) is 5.76 Å². The van der Waals surface area contributed by atoms with Gasteiger partial charge in [-0.2, -0.15) is 0 Å². The molecule has 0 radical (unpaired) electrons. The molecule has 1 amide bonds. The fraction of sp³-hybridized carbons (Fsp3) is 0.562. The Bertz CT molecular complexity index is 670. The van der Waals surface area contributed by atoms with Gasteiger partial charge in [0.25, 0.3) is 0 Å². The maximum Gasteiger partial charge on any atom is 0.230 e. The molecule has 0 bridgehead atoms. The average molecular weight is 319 g/mol. The Morgan fingerprint density at radius 3 is 2.95 bits per heavy atom. The summed E-state index contributed by atoms with van der Waals surface area (Å²) in [6.45, 7) is 5.92. The molecule has 6 heteroatoms. The lowest BCUT2D eigenvalue weighted by Crippen LogP contribution is -2.15. The molecule has 1 atom stereocenters. The summed E-state index contributed by atoms with van der Waals surface area (Å²) in [4.78, 5) is 18.1. The molecular formula is C16H21N3O2S. The zero-order valence-corrected chi connectivity index (χ0v) is 14.0. The third kappa shape index (κ3) is 3.06. The summed E-state index contributed by atoms with van der Waals surface area (Å²) >= 11 is 1.62. The maximum absolute atomic E-state index is 12.2. The summed E-state index contributed by atoms with van der Waals surface area (Å²) in [6, 6.07) is 0. The van der Waals surface area contributed by atoms with Crippen LogP contribution in [0.5, 0.6) is 0 Å². The number of carbonyl (C=O) groups excluding carboxylic acids is 1. The first-order valence-electron chi connectivity index (χ1n) is 7.77. The Morgan fingerprint density at radius 2 is 2.27 bits per heavy atom. The van der Waals surface area contributed by atoms with Gasteiger partial charge in [-0.15, -0.1) is 11.3 Å². The van der Waals surface area contributed by atoms with Crippen molar-refractivity contribution in [2.24, 2.45) is 5.92 Å². The van der Waals surface area contributed by atoms with Crippen LogP contribution in [0.15, 0.2) is 4.52 Å². The van der Waals surface area contributed by atoms with E-state index in [1.165, 1.54) is 23.4 Å². The summed E-state index contributed by atoms with van der Waals surface area (Å²) in [5.41, 5.74) is 2.81. The zero-order valence-electron chi connectivity index (χ0n) is 13.2. The molecule has 118 valence electrons. The van der Waals surface area contributed by atoms with E-state index < -0.39 is 0 Å². The van der Waals surface area contributed by atoms with Gasteiger partial charge in [-0.3, -0.25) is 4.79 Å². The van der Waals surface area contributed by atoms with Crippen molar-refractivity contribution in [3.05, 3.63) is 27.6 Å². The highest BCUT2D eigenvalue weighted by molar-refractivity contribution is 7.15. The molecular weight excluding hydrogens is 298 g/mol. The van der Waals surface area contributed by atoms with Gasteiger partial charge in [-0.25, -0.2) is 4.98 Å². The first-order chi connectivity index (χ1) is 10.6. The smallest absolute Gasteiger partial charge is 0.230 e. The summed E-state index contributed by atoms with van der Waals surface area (Å²) in [5.74, 6) is 1.41. The summed E-state index contributed by atoms with van der Waals surface area (Å²) in [5, 5.41) is 7.52. The topological polar surface area (TPSA) is 68.0 Å². The molecule has 2 aromatic heterocycles. The van der Waals surface area contributed by atoms with Crippen LogP contribution in [0, 0.1) is 19.8 Å². The first-order valence-corrected chi connectivity index (χ1v) is 8.58. The van der Waals surface area contributed by atoms with Gasteiger partial charge < -0.3 is 9.84 Å². The molecule has 0 saturated heterocycles. The van der Waals surface area contributed by atoms with Crippen LogP contribution in [0.25, 0.3) is 0 Å². The van der Waals surface area contributed by atoms with Gasteiger partial charge in [0.15, 0.2) is 5.13 Å². The summed E-state index contributed by atoms with van der Waals surface area (Å²) in [7, 11) is 0. The van der Waals surface area contributed by atoms with E-state index in [2.05, 4.69) is 22.4 Å². The fourth-order valence-corrected chi connectivity index (χ4v) is 4.06. The lowest BCUT2D eigenvalue weighted by Gasteiger charge is -2.18. The van der Waals surface area contributed by atoms with E-state index >= 15 is 0 Å². The Morgan fingerprint density at radius 1 is 1.45 bits per heavy atom. The number of carbonyl (C=O) groups is 1.